The number of aromatic nitrogens is 2. The molecular weight excluding hydrogens is 184 g/mol. The Bertz CT molecular complexity index is 307. The summed E-state index contributed by atoms with van der Waals surface area (Å²) in [7, 11) is 1.86. The number of carbonyl (C=O) groups is 1. The zero-order valence-electron chi connectivity index (χ0n) is 8.30. The van der Waals surface area contributed by atoms with Crippen molar-refractivity contribution in [3.05, 3.63) is 18.2 Å². The van der Waals surface area contributed by atoms with Crippen LogP contribution in [0.4, 0.5) is 0 Å². The van der Waals surface area contributed by atoms with Crippen LogP contribution in [0.15, 0.2) is 12.4 Å². The fourth-order valence-corrected chi connectivity index (χ4v) is 1.10. The lowest BCUT2D eigenvalue weighted by Crippen LogP contribution is -2.14. The van der Waals surface area contributed by atoms with Gasteiger partial charge in [-0.25, -0.2) is 4.98 Å². The van der Waals surface area contributed by atoms with Gasteiger partial charge < -0.3 is 14.4 Å². The van der Waals surface area contributed by atoms with Crippen LogP contribution >= 0.6 is 0 Å². The normalized spacial score (nSPS) is 12.5. The summed E-state index contributed by atoms with van der Waals surface area (Å²) in [5.74, 6) is 0.413. The number of aliphatic hydroxyl groups is 1. The molecule has 1 rings (SSSR count). The van der Waals surface area contributed by atoms with Crippen LogP contribution in [-0.2, 0) is 23.0 Å². The van der Waals surface area contributed by atoms with Gasteiger partial charge in [-0.1, -0.05) is 0 Å². The molecule has 0 amide bonds. The molecule has 0 bridgehead atoms. The fourth-order valence-electron chi connectivity index (χ4n) is 1.10. The van der Waals surface area contributed by atoms with Gasteiger partial charge in [-0.15, -0.1) is 0 Å². The number of aliphatic hydroxyl groups excluding tert-OH is 1. The lowest BCUT2D eigenvalue weighted by Gasteiger charge is -2.06. The molecule has 0 aliphatic rings. The van der Waals surface area contributed by atoms with E-state index in [-0.39, 0.29) is 6.42 Å². The summed E-state index contributed by atoms with van der Waals surface area (Å²) in [6, 6.07) is 0. The Morgan fingerprint density at radius 1 is 1.79 bits per heavy atom. The molecule has 1 N–H and O–H groups in total. The lowest BCUT2D eigenvalue weighted by molar-refractivity contribution is -0.164. The molecule has 0 aromatic carbocycles. The average Bonchev–Trinajstić information content (AvgIpc) is 2.46. The molecule has 0 saturated heterocycles. The number of ether oxygens (including phenoxy) is 1. The molecule has 0 fully saturated rings. The molecule has 0 saturated carbocycles. The van der Waals surface area contributed by atoms with Gasteiger partial charge in [0.25, 0.3) is 0 Å². The van der Waals surface area contributed by atoms with E-state index in [9.17, 15) is 4.79 Å². The molecule has 14 heavy (non-hydrogen) atoms. The molecular formula is C9H14N2O3. The number of imidazole rings is 1. The first kappa shape index (κ1) is 10.7. The Morgan fingerprint density at radius 2 is 2.50 bits per heavy atom. The lowest BCUT2D eigenvalue weighted by atomic mass is 10.3. The van der Waals surface area contributed by atoms with E-state index in [2.05, 4.69) is 9.72 Å². The molecule has 1 unspecified atom stereocenters. The highest BCUT2D eigenvalue weighted by Gasteiger charge is 2.08. The Balaban J connectivity index is 2.34. The highest BCUT2D eigenvalue weighted by Crippen LogP contribution is 2.01. The van der Waals surface area contributed by atoms with Crippen LogP contribution in [0.3, 0.4) is 0 Å². The molecule has 5 nitrogen and oxygen atoms in total. The molecule has 0 spiro atoms. The van der Waals surface area contributed by atoms with E-state index >= 15 is 0 Å². The summed E-state index contributed by atoms with van der Waals surface area (Å²) in [5, 5.41) is 8.77. The Kier molecular flexibility index (Phi) is 3.64. The maximum atomic E-state index is 11.0. The van der Waals surface area contributed by atoms with Crippen molar-refractivity contribution in [3.8, 4) is 0 Å². The Morgan fingerprint density at radius 3 is 3.00 bits per heavy atom. The van der Waals surface area contributed by atoms with Gasteiger partial charge in [0, 0.05) is 25.9 Å². The number of carbonyl (C=O) groups excluding carboxylic acids is 1. The minimum absolute atomic E-state index is 0.232. The van der Waals surface area contributed by atoms with Crippen molar-refractivity contribution in [2.75, 3.05) is 0 Å². The topological polar surface area (TPSA) is 64.3 Å². The summed E-state index contributed by atoms with van der Waals surface area (Å²) in [6.45, 7) is 1.40. The number of hydrogen-bond donors (Lipinski definition) is 1. The summed E-state index contributed by atoms with van der Waals surface area (Å²) < 4.78 is 6.41. The van der Waals surface area contributed by atoms with Crippen molar-refractivity contribution in [2.45, 2.75) is 26.1 Å². The number of rotatable bonds is 4. The quantitative estimate of drug-likeness (QED) is 0.555. The second-order valence-electron chi connectivity index (χ2n) is 3.04. The third kappa shape index (κ3) is 3.18. The molecule has 0 aliphatic heterocycles. The molecule has 5 heteroatoms. The first-order chi connectivity index (χ1) is 6.59. The number of aryl methyl sites for hydroxylation is 2. The van der Waals surface area contributed by atoms with Crippen LogP contribution in [0, 0.1) is 0 Å². The zero-order valence-corrected chi connectivity index (χ0v) is 8.30. The molecule has 1 atom stereocenters. The van der Waals surface area contributed by atoms with Crippen molar-refractivity contribution in [1.29, 1.82) is 0 Å². The van der Waals surface area contributed by atoms with Gasteiger partial charge >= 0.3 is 5.97 Å². The maximum absolute atomic E-state index is 11.0. The third-order valence-corrected chi connectivity index (χ3v) is 1.78. The van der Waals surface area contributed by atoms with Crippen molar-refractivity contribution >= 4 is 5.97 Å². The smallest absolute Gasteiger partial charge is 0.308 e. The highest BCUT2D eigenvalue weighted by atomic mass is 16.6. The second kappa shape index (κ2) is 4.76. The SMILES string of the molecule is CC(O)OC(=O)CCc1nccn1C. The van der Waals surface area contributed by atoms with Crippen molar-refractivity contribution in [1.82, 2.24) is 9.55 Å². The number of hydrogen-bond acceptors (Lipinski definition) is 4. The van der Waals surface area contributed by atoms with Gasteiger partial charge in [-0.05, 0) is 6.92 Å². The van der Waals surface area contributed by atoms with Gasteiger partial charge in [-0.3, -0.25) is 4.79 Å². The van der Waals surface area contributed by atoms with E-state index in [0.29, 0.717) is 6.42 Å². The maximum Gasteiger partial charge on any atom is 0.308 e. The van der Waals surface area contributed by atoms with Crippen LogP contribution in [0.25, 0.3) is 0 Å². The van der Waals surface area contributed by atoms with E-state index in [0.717, 1.165) is 5.82 Å². The Labute approximate surface area is 82.3 Å². The van der Waals surface area contributed by atoms with Gasteiger partial charge in [0.05, 0.1) is 6.42 Å². The monoisotopic (exact) mass is 198 g/mol. The van der Waals surface area contributed by atoms with Crippen LogP contribution in [0.2, 0.25) is 0 Å². The summed E-state index contributed by atoms with van der Waals surface area (Å²) >= 11 is 0. The second-order valence-corrected chi connectivity index (χ2v) is 3.04. The van der Waals surface area contributed by atoms with Gasteiger partial charge in [0.15, 0.2) is 6.29 Å². The first-order valence-electron chi connectivity index (χ1n) is 4.43. The van der Waals surface area contributed by atoms with Gasteiger partial charge in [0.1, 0.15) is 5.82 Å². The molecule has 0 radical (unpaired) electrons. The predicted octanol–water partition coefficient (Wildman–Crippen LogP) is 0.234. The zero-order chi connectivity index (χ0) is 10.6. The first-order valence-corrected chi connectivity index (χ1v) is 4.43. The minimum Gasteiger partial charge on any atom is -0.436 e. The summed E-state index contributed by atoms with van der Waals surface area (Å²) in [4.78, 5) is 15.1. The van der Waals surface area contributed by atoms with Gasteiger partial charge in [-0.2, -0.15) is 0 Å². The molecule has 1 aromatic heterocycles. The van der Waals surface area contributed by atoms with E-state index in [1.165, 1.54) is 6.92 Å². The standard InChI is InChI=1S/C9H14N2O3/c1-7(12)14-9(13)4-3-8-10-5-6-11(8)2/h5-7,12H,3-4H2,1-2H3. The van der Waals surface area contributed by atoms with Gasteiger partial charge in [0.2, 0.25) is 0 Å². The molecule has 1 aromatic rings. The fraction of sp³-hybridized carbons (Fsp3) is 0.556. The largest absolute Gasteiger partial charge is 0.436 e. The highest BCUT2D eigenvalue weighted by molar-refractivity contribution is 5.69. The van der Waals surface area contributed by atoms with E-state index in [1.54, 1.807) is 6.20 Å². The van der Waals surface area contributed by atoms with Crippen LogP contribution in [0.5, 0.6) is 0 Å². The van der Waals surface area contributed by atoms with Crippen LogP contribution in [-0.4, -0.2) is 26.9 Å². The Hall–Kier alpha value is -1.36. The van der Waals surface area contributed by atoms with Crippen molar-refractivity contribution < 1.29 is 14.6 Å². The average molecular weight is 198 g/mol. The number of esters is 1. The third-order valence-electron chi connectivity index (χ3n) is 1.78. The number of nitrogens with zero attached hydrogens (tertiary/aromatic N) is 2. The molecule has 78 valence electrons. The predicted molar refractivity (Wildman–Crippen MR) is 49.3 cm³/mol. The van der Waals surface area contributed by atoms with Crippen molar-refractivity contribution in [2.24, 2.45) is 7.05 Å². The minimum atomic E-state index is -1.04. The molecule has 0 aliphatic carbocycles. The summed E-state index contributed by atoms with van der Waals surface area (Å²) in [5.41, 5.74) is 0. The van der Waals surface area contributed by atoms with Crippen LogP contribution in [0.1, 0.15) is 19.2 Å². The molecule has 1 heterocycles. The van der Waals surface area contributed by atoms with E-state index in [1.807, 2.05) is 17.8 Å². The summed E-state index contributed by atoms with van der Waals surface area (Å²) in [6.07, 6.45) is 3.21. The van der Waals surface area contributed by atoms with E-state index in [4.69, 9.17) is 5.11 Å². The van der Waals surface area contributed by atoms with Crippen LogP contribution < -0.4 is 0 Å². The van der Waals surface area contributed by atoms with E-state index < -0.39 is 12.3 Å². The van der Waals surface area contributed by atoms with Crippen molar-refractivity contribution in [3.63, 3.8) is 0 Å².